The summed E-state index contributed by atoms with van der Waals surface area (Å²) in [5, 5.41) is 3.13. The second-order valence-corrected chi connectivity index (χ2v) is 6.01. The van der Waals surface area contributed by atoms with Gasteiger partial charge in [-0.05, 0) is 19.4 Å². The number of rotatable bonds is 6. The van der Waals surface area contributed by atoms with E-state index in [0.717, 1.165) is 19.4 Å². The third kappa shape index (κ3) is 3.93. The van der Waals surface area contributed by atoms with Crippen molar-refractivity contribution in [1.29, 1.82) is 0 Å². The third-order valence-corrected chi connectivity index (χ3v) is 4.57. The zero-order valence-electron chi connectivity index (χ0n) is 10.3. The van der Waals surface area contributed by atoms with Crippen molar-refractivity contribution in [2.24, 2.45) is 0 Å². The van der Waals surface area contributed by atoms with E-state index in [0.29, 0.717) is 13.1 Å². The average molecular weight is 264 g/mol. The number of nitrogens with one attached hydrogen (secondary N) is 1. The Bertz CT molecular complexity index is 349. The number of ether oxygens (including phenoxy) is 1. The van der Waals surface area contributed by atoms with Crippen LogP contribution in [0.3, 0.4) is 0 Å². The van der Waals surface area contributed by atoms with Gasteiger partial charge in [-0.25, -0.2) is 8.42 Å². The summed E-state index contributed by atoms with van der Waals surface area (Å²) in [6.07, 6.45) is 1.53. The zero-order chi connectivity index (χ0) is 12.9. The number of hydrogen-bond donors (Lipinski definition) is 1. The van der Waals surface area contributed by atoms with Crippen molar-refractivity contribution in [3.05, 3.63) is 0 Å². The number of sulfonamides is 1. The van der Waals surface area contributed by atoms with Crippen LogP contribution >= 0.6 is 0 Å². The minimum atomic E-state index is -3.56. The van der Waals surface area contributed by atoms with Crippen LogP contribution < -0.4 is 5.32 Å². The minimum Gasteiger partial charge on any atom is -0.468 e. The lowest BCUT2D eigenvalue weighted by Gasteiger charge is -2.26. The van der Waals surface area contributed by atoms with Gasteiger partial charge in [0, 0.05) is 19.1 Å². The highest BCUT2D eigenvalue weighted by atomic mass is 32.2. The second-order valence-electron chi connectivity index (χ2n) is 4.09. The van der Waals surface area contributed by atoms with Crippen molar-refractivity contribution in [2.45, 2.75) is 25.8 Å². The summed E-state index contributed by atoms with van der Waals surface area (Å²) in [5.74, 6) is -1.28. The molecule has 1 aliphatic heterocycles. The first kappa shape index (κ1) is 14.4. The molecule has 0 aliphatic carbocycles. The van der Waals surface area contributed by atoms with Crippen molar-refractivity contribution in [1.82, 2.24) is 9.62 Å². The molecule has 1 heterocycles. The molecule has 0 aromatic carbocycles. The van der Waals surface area contributed by atoms with Crippen molar-refractivity contribution in [3.63, 3.8) is 0 Å². The second kappa shape index (κ2) is 6.32. The normalized spacial score (nSPS) is 20.8. The van der Waals surface area contributed by atoms with Gasteiger partial charge in [-0.1, -0.05) is 6.92 Å². The van der Waals surface area contributed by atoms with E-state index in [1.165, 1.54) is 11.4 Å². The van der Waals surface area contributed by atoms with Gasteiger partial charge in [-0.3, -0.25) is 4.79 Å². The largest absolute Gasteiger partial charge is 0.468 e. The fraction of sp³-hybridized carbons (Fsp3) is 0.900. The number of hydrogen-bond acceptors (Lipinski definition) is 5. The lowest BCUT2D eigenvalue weighted by molar-refractivity contribution is -0.137. The Kier molecular flexibility index (Phi) is 5.35. The van der Waals surface area contributed by atoms with E-state index in [1.807, 2.05) is 6.92 Å². The third-order valence-electron chi connectivity index (χ3n) is 2.77. The molecule has 1 atom stereocenters. The van der Waals surface area contributed by atoms with Crippen LogP contribution in [0.1, 0.15) is 19.8 Å². The summed E-state index contributed by atoms with van der Waals surface area (Å²) >= 11 is 0. The predicted octanol–water partition coefficient (Wildman–Crippen LogP) is -0.437. The Morgan fingerprint density at radius 3 is 2.71 bits per heavy atom. The van der Waals surface area contributed by atoms with Crippen molar-refractivity contribution < 1.29 is 17.9 Å². The fourth-order valence-corrected chi connectivity index (χ4v) is 3.62. The summed E-state index contributed by atoms with van der Waals surface area (Å²) in [5.41, 5.74) is 0. The minimum absolute atomic E-state index is 0.0374. The van der Waals surface area contributed by atoms with Gasteiger partial charge < -0.3 is 10.1 Å². The zero-order valence-corrected chi connectivity index (χ0v) is 11.1. The number of carbonyl (C=O) groups is 1. The maximum Gasteiger partial charge on any atom is 0.322 e. The Labute approximate surface area is 102 Å². The van der Waals surface area contributed by atoms with Crippen molar-refractivity contribution >= 4 is 16.0 Å². The molecule has 1 N–H and O–H groups in total. The number of nitrogens with zero attached hydrogens (tertiary/aromatic N) is 1. The number of carbonyl (C=O) groups excluding carboxylic acids is 1. The van der Waals surface area contributed by atoms with E-state index in [-0.39, 0.29) is 6.04 Å². The maximum atomic E-state index is 12.1. The number of methoxy groups -OCH3 is 1. The van der Waals surface area contributed by atoms with Gasteiger partial charge in [-0.2, -0.15) is 4.31 Å². The van der Waals surface area contributed by atoms with Crippen molar-refractivity contribution in [3.8, 4) is 0 Å². The fourth-order valence-electron chi connectivity index (χ4n) is 1.95. The SMILES string of the molecule is CCCN(C1CCNC1)S(=O)(=O)CC(=O)OC. The van der Waals surface area contributed by atoms with E-state index >= 15 is 0 Å². The van der Waals surface area contributed by atoms with Crippen LogP contribution in [-0.4, -0.2) is 57.2 Å². The molecular weight excluding hydrogens is 244 g/mol. The van der Waals surface area contributed by atoms with Gasteiger partial charge in [0.15, 0.2) is 5.75 Å². The van der Waals surface area contributed by atoms with Gasteiger partial charge in [0.2, 0.25) is 10.0 Å². The summed E-state index contributed by atoms with van der Waals surface area (Å²) in [6.45, 7) is 3.84. The van der Waals surface area contributed by atoms with Gasteiger partial charge in [-0.15, -0.1) is 0 Å². The highest BCUT2D eigenvalue weighted by Gasteiger charge is 2.32. The molecule has 0 bridgehead atoms. The quantitative estimate of drug-likeness (QED) is 0.658. The molecule has 0 spiro atoms. The molecule has 17 heavy (non-hydrogen) atoms. The Hall–Kier alpha value is -0.660. The van der Waals surface area contributed by atoms with Crippen LogP contribution in [0, 0.1) is 0 Å². The number of esters is 1. The molecule has 1 aliphatic rings. The van der Waals surface area contributed by atoms with Gasteiger partial charge in [0.05, 0.1) is 7.11 Å². The van der Waals surface area contributed by atoms with Crippen LogP contribution in [0.15, 0.2) is 0 Å². The lowest BCUT2D eigenvalue weighted by atomic mass is 10.2. The van der Waals surface area contributed by atoms with E-state index < -0.39 is 21.7 Å². The lowest BCUT2D eigenvalue weighted by Crippen LogP contribution is -2.44. The summed E-state index contributed by atoms with van der Waals surface area (Å²) in [6, 6.07) is -0.0374. The van der Waals surface area contributed by atoms with E-state index in [4.69, 9.17) is 0 Å². The smallest absolute Gasteiger partial charge is 0.322 e. The standard InChI is InChI=1S/C10H20N2O4S/c1-3-6-12(9-4-5-11-7-9)17(14,15)8-10(13)16-2/h9,11H,3-8H2,1-2H3. The molecule has 0 aromatic heterocycles. The van der Waals surface area contributed by atoms with Crippen molar-refractivity contribution in [2.75, 3.05) is 32.5 Å². The monoisotopic (exact) mass is 264 g/mol. The molecule has 1 fully saturated rings. The van der Waals surface area contributed by atoms with Crippen LogP contribution in [0.25, 0.3) is 0 Å². The molecule has 1 unspecified atom stereocenters. The molecule has 0 saturated carbocycles. The van der Waals surface area contributed by atoms with Gasteiger partial charge in [0.25, 0.3) is 0 Å². The van der Waals surface area contributed by atoms with E-state index in [2.05, 4.69) is 10.1 Å². The molecule has 7 heteroatoms. The van der Waals surface area contributed by atoms with Gasteiger partial charge in [0.1, 0.15) is 0 Å². The molecule has 0 amide bonds. The Morgan fingerprint density at radius 1 is 1.53 bits per heavy atom. The average Bonchev–Trinajstić information content (AvgIpc) is 2.77. The van der Waals surface area contributed by atoms with Crippen LogP contribution in [-0.2, 0) is 19.6 Å². The molecule has 6 nitrogen and oxygen atoms in total. The maximum absolute atomic E-state index is 12.1. The predicted molar refractivity (Wildman–Crippen MR) is 64.1 cm³/mol. The highest BCUT2D eigenvalue weighted by molar-refractivity contribution is 7.89. The van der Waals surface area contributed by atoms with Crippen LogP contribution in [0.2, 0.25) is 0 Å². The van der Waals surface area contributed by atoms with Gasteiger partial charge >= 0.3 is 5.97 Å². The topological polar surface area (TPSA) is 75.7 Å². The van der Waals surface area contributed by atoms with Crippen LogP contribution in [0.5, 0.6) is 0 Å². The summed E-state index contributed by atoms with van der Waals surface area (Å²) < 4.78 is 30.0. The highest BCUT2D eigenvalue weighted by Crippen LogP contribution is 2.14. The van der Waals surface area contributed by atoms with E-state index in [9.17, 15) is 13.2 Å². The van der Waals surface area contributed by atoms with E-state index in [1.54, 1.807) is 0 Å². The summed E-state index contributed by atoms with van der Waals surface area (Å²) in [7, 11) is -2.37. The molecule has 1 rings (SSSR count). The van der Waals surface area contributed by atoms with Crippen LogP contribution in [0.4, 0.5) is 0 Å². The molecule has 100 valence electrons. The molecule has 1 saturated heterocycles. The summed E-state index contributed by atoms with van der Waals surface area (Å²) in [4.78, 5) is 11.1. The Morgan fingerprint density at radius 2 is 2.24 bits per heavy atom. The molecular formula is C10H20N2O4S. The molecule has 0 radical (unpaired) electrons. The Balaban J connectivity index is 2.77. The first-order valence-electron chi connectivity index (χ1n) is 5.78. The molecule has 0 aromatic rings. The first-order valence-corrected chi connectivity index (χ1v) is 7.39. The first-order chi connectivity index (χ1) is 8.01.